The first-order valence-electron chi connectivity index (χ1n) is 8.75. The van der Waals surface area contributed by atoms with Gasteiger partial charge in [0.15, 0.2) is 0 Å². The molecule has 8 unspecified atom stereocenters. The van der Waals surface area contributed by atoms with Gasteiger partial charge in [-0.05, 0) is 37.5 Å². The summed E-state index contributed by atoms with van der Waals surface area (Å²) in [5.74, 6) is -2.12. The molecule has 8 heteroatoms. The van der Waals surface area contributed by atoms with Crippen molar-refractivity contribution in [3.05, 3.63) is 0 Å². The Hall–Kier alpha value is -1.22. The molecule has 2 aliphatic carbocycles. The standard InChI is InChI=1S/C16H24N2O6/c19-9-3-1-7-5-17(15(23)11(7)13(9)21)18-6-8-2-4-10(20)14(22)12(8)16(18)24/h7-14,19-22H,1-6H2. The van der Waals surface area contributed by atoms with Gasteiger partial charge in [0.05, 0.1) is 36.3 Å². The van der Waals surface area contributed by atoms with Crippen LogP contribution < -0.4 is 0 Å². The van der Waals surface area contributed by atoms with E-state index in [-0.39, 0.29) is 23.7 Å². The van der Waals surface area contributed by atoms with Crippen molar-refractivity contribution in [2.75, 3.05) is 13.1 Å². The van der Waals surface area contributed by atoms with E-state index in [1.54, 1.807) is 0 Å². The topological polar surface area (TPSA) is 122 Å². The minimum atomic E-state index is -1.09. The predicted molar refractivity (Wildman–Crippen MR) is 79.9 cm³/mol. The smallest absolute Gasteiger partial charge is 0.247 e. The molecule has 134 valence electrons. The van der Waals surface area contributed by atoms with Gasteiger partial charge in [-0.1, -0.05) is 0 Å². The highest BCUT2D eigenvalue weighted by Crippen LogP contribution is 2.42. The minimum absolute atomic E-state index is 0.0677. The van der Waals surface area contributed by atoms with Gasteiger partial charge in [0.25, 0.3) is 0 Å². The van der Waals surface area contributed by atoms with Crippen molar-refractivity contribution >= 4 is 11.8 Å². The number of hydrazine groups is 1. The maximum atomic E-state index is 12.7. The molecule has 2 amide bonds. The van der Waals surface area contributed by atoms with Gasteiger partial charge in [-0.15, -0.1) is 0 Å². The quantitative estimate of drug-likeness (QED) is 0.442. The van der Waals surface area contributed by atoms with Gasteiger partial charge in [-0.2, -0.15) is 0 Å². The van der Waals surface area contributed by atoms with Crippen LogP contribution in [0.25, 0.3) is 0 Å². The lowest BCUT2D eigenvalue weighted by Gasteiger charge is -2.31. The average molecular weight is 340 g/mol. The van der Waals surface area contributed by atoms with Crippen LogP contribution in [0, 0.1) is 23.7 Å². The Balaban J connectivity index is 1.55. The van der Waals surface area contributed by atoms with Crippen LogP contribution >= 0.6 is 0 Å². The summed E-state index contributed by atoms with van der Waals surface area (Å²) in [4.78, 5) is 25.5. The van der Waals surface area contributed by atoms with E-state index in [1.165, 1.54) is 10.0 Å². The number of hydrogen-bond donors (Lipinski definition) is 4. The van der Waals surface area contributed by atoms with Crippen molar-refractivity contribution in [3.63, 3.8) is 0 Å². The molecule has 8 nitrogen and oxygen atoms in total. The molecule has 24 heavy (non-hydrogen) atoms. The lowest BCUT2D eigenvalue weighted by atomic mass is 9.78. The van der Waals surface area contributed by atoms with E-state index in [0.29, 0.717) is 38.8 Å². The number of aliphatic hydroxyl groups excluding tert-OH is 4. The van der Waals surface area contributed by atoms with Gasteiger partial charge in [0, 0.05) is 13.1 Å². The first-order chi connectivity index (χ1) is 11.4. The largest absolute Gasteiger partial charge is 0.390 e. The first-order valence-corrected chi connectivity index (χ1v) is 8.75. The number of carbonyl (C=O) groups is 2. The van der Waals surface area contributed by atoms with Crippen molar-refractivity contribution in [2.45, 2.75) is 50.1 Å². The molecule has 0 aromatic carbocycles. The summed E-state index contributed by atoms with van der Waals surface area (Å²) in [6.07, 6.45) is -1.79. The normalized spacial score (nSPS) is 48.7. The summed E-state index contributed by atoms with van der Waals surface area (Å²) in [5, 5.41) is 42.7. The van der Waals surface area contributed by atoms with E-state index in [0.717, 1.165) is 0 Å². The van der Waals surface area contributed by atoms with Gasteiger partial charge in [0.1, 0.15) is 0 Å². The molecule has 0 bridgehead atoms. The van der Waals surface area contributed by atoms with Crippen LogP contribution in [0.4, 0.5) is 0 Å². The van der Waals surface area contributed by atoms with Gasteiger partial charge in [0.2, 0.25) is 11.8 Å². The number of aliphatic hydroxyl groups is 4. The highest BCUT2D eigenvalue weighted by atomic mass is 16.3. The molecule has 0 aromatic heterocycles. The highest BCUT2D eigenvalue weighted by Gasteiger charge is 2.56. The van der Waals surface area contributed by atoms with Crippen LogP contribution in [0.2, 0.25) is 0 Å². The SMILES string of the molecule is O=C1C2C(CCC(O)C2O)CN1N1CC2CCC(O)C(O)C2C1=O. The molecule has 2 aliphatic heterocycles. The Kier molecular flexibility index (Phi) is 3.83. The number of hydrogen-bond acceptors (Lipinski definition) is 6. The third kappa shape index (κ3) is 2.20. The second kappa shape index (κ2) is 5.66. The van der Waals surface area contributed by atoms with E-state index in [2.05, 4.69) is 0 Å². The summed E-state index contributed by atoms with van der Waals surface area (Å²) in [5.41, 5.74) is 0. The molecule has 4 fully saturated rings. The Labute approximate surface area is 139 Å². The maximum absolute atomic E-state index is 12.7. The highest BCUT2D eigenvalue weighted by molar-refractivity contribution is 5.88. The zero-order chi connectivity index (χ0) is 17.2. The molecule has 4 rings (SSSR count). The summed E-state index contributed by atoms with van der Waals surface area (Å²) < 4.78 is 0. The molecular formula is C16H24N2O6. The van der Waals surface area contributed by atoms with Crippen molar-refractivity contribution in [1.29, 1.82) is 0 Å². The number of rotatable bonds is 1. The number of amides is 2. The molecule has 0 spiro atoms. The van der Waals surface area contributed by atoms with Crippen LogP contribution in [-0.4, -0.2) is 79.8 Å². The van der Waals surface area contributed by atoms with Crippen LogP contribution in [-0.2, 0) is 9.59 Å². The fourth-order valence-corrected chi connectivity index (χ4v) is 5.02. The van der Waals surface area contributed by atoms with E-state index in [1.807, 2.05) is 0 Å². The predicted octanol–water partition coefficient (Wildman–Crippen LogP) is -1.92. The van der Waals surface area contributed by atoms with Crippen LogP contribution in [0.1, 0.15) is 25.7 Å². The van der Waals surface area contributed by atoms with Crippen molar-refractivity contribution in [2.24, 2.45) is 23.7 Å². The second-order valence-electron chi connectivity index (χ2n) is 7.68. The Morgan fingerprint density at radius 2 is 1.04 bits per heavy atom. The van der Waals surface area contributed by atoms with Crippen molar-refractivity contribution in [1.82, 2.24) is 10.0 Å². The van der Waals surface area contributed by atoms with Crippen molar-refractivity contribution in [3.8, 4) is 0 Å². The van der Waals surface area contributed by atoms with Crippen LogP contribution in [0.5, 0.6) is 0 Å². The third-order valence-corrected chi connectivity index (χ3v) is 6.39. The molecule has 0 radical (unpaired) electrons. The lowest BCUT2D eigenvalue weighted by molar-refractivity contribution is -0.163. The molecule has 4 N–H and O–H groups in total. The lowest BCUT2D eigenvalue weighted by Crippen LogP contribution is -2.49. The Morgan fingerprint density at radius 3 is 1.42 bits per heavy atom. The fraction of sp³-hybridized carbons (Fsp3) is 0.875. The summed E-state index contributed by atoms with van der Waals surface area (Å²) in [6, 6.07) is 0. The average Bonchev–Trinajstić information content (AvgIpc) is 3.05. The molecule has 2 saturated heterocycles. The van der Waals surface area contributed by atoms with Gasteiger partial charge < -0.3 is 20.4 Å². The van der Waals surface area contributed by atoms with E-state index >= 15 is 0 Å². The van der Waals surface area contributed by atoms with Gasteiger partial charge >= 0.3 is 0 Å². The third-order valence-electron chi connectivity index (χ3n) is 6.39. The number of nitrogens with zero attached hydrogens (tertiary/aromatic N) is 2. The molecular weight excluding hydrogens is 316 g/mol. The molecule has 8 atom stereocenters. The van der Waals surface area contributed by atoms with Crippen molar-refractivity contribution < 1.29 is 30.0 Å². The Bertz CT molecular complexity index is 509. The van der Waals surface area contributed by atoms with E-state index in [4.69, 9.17) is 0 Å². The number of carbonyl (C=O) groups excluding carboxylic acids is 2. The van der Waals surface area contributed by atoms with Gasteiger partial charge in [-0.3, -0.25) is 19.6 Å². The summed E-state index contributed by atoms with van der Waals surface area (Å²) in [6.45, 7) is 0.716. The summed E-state index contributed by atoms with van der Waals surface area (Å²) in [7, 11) is 0. The fourth-order valence-electron chi connectivity index (χ4n) is 5.02. The zero-order valence-corrected chi connectivity index (χ0v) is 13.4. The molecule has 2 heterocycles. The van der Waals surface area contributed by atoms with E-state index in [9.17, 15) is 30.0 Å². The van der Waals surface area contributed by atoms with Crippen LogP contribution in [0.15, 0.2) is 0 Å². The maximum Gasteiger partial charge on any atom is 0.247 e. The molecule has 2 saturated carbocycles. The minimum Gasteiger partial charge on any atom is -0.390 e. The van der Waals surface area contributed by atoms with Gasteiger partial charge in [-0.25, -0.2) is 0 Å². The second-order valence-corrected chi connectivity index (χ2v) is 7.68. The monoisotopic (exact) mass is 340 g/mol. The Morgan fingerprint density at radius 1 is 0.667 bits per heavy atom. The van der Waals surface area contributed by atoms with E-state index < -0.39 is 36.3 Å². The molecule has 4 aliphatic rings. The first kappa shape index (κ1) is 16.3. The zero-order valence-electron chi connectivity index (χ0n) is 13.4. The van der Waals surface area contributed by atoms with Crippen LogP contribution in [0.3, 0.4) is 0 Å². The summed E-state index contributed by atoms with van der Waals surface area (Å²) >= 11 is 0. The molecule has 0 aromatic rings. The number of fused-ring (bicyclic) bond motifs is 2.